The van der Waals surface area contributed by atoms with E-state index in [9.17, 15) is 10.1 Å². The summed E-state index contributed by atoms with van der Waals surface area (Å²) in [6, 6.07) is 5.51. The van der Waals surface area contributed by atoms with Crippen molar-refractivity contribution in [3.8, 4) is 6.07 Å². The molecule has 1 fully saturated rings. The van der Waals surface area contributed by atoms with E-state index in [1.165, 1.54) is 0 Å². The molecule has 2 atom stereocenters. The summed E-state index contributed by atoms with van der Waals surface area (Å²) in [5, 5.41) is 13.2. The number of carbonyl (C=O) groups is 1. The number of carbonyl (C=O) groups excluding carboxylic acids is 1. The molecule has 1 heterocycles. The number of hydrogen-bond donors (Lipinski definition) is 1. The zero-order valence-electron chi connectivity index (χ0n) is 21.6. The molecule has 8 heteroatoms. The fourth-order valence-electron chi connectivity index (χ4n) is 3.68. The number of halogens is 1. The number of rotatable bonds is 5. The summed E-state index contributed by atoms with van der Waals surface area (Å²) in [5.74, 6) is 0. The van der Waals surface area contributed by atoms with Gasteiger partial charge >= 0.3 is 6.09 Å². The highest BCUT2D eigenvalue weighted by molar-refractivity contribution is 6.74. The maximum atomic E-state index is 13.1. The van der Waals surface area contributed by atoms with Crippen LogP contribution >= 0.6 is 11.6 Å². The molecule has 1 aliphatic rings. The quantitative estimate of drug-likeness (QED) is 0.460. The third kappa shape index (κ3) is 6.88. The van der Waals surface area contributed by atoms with Crippen molar-refractivity contribution in [1.82, 2.24) is 4.90 Å². The molecule has 0 bridgehead atoms. The topological polar surface area (TPSA) is 74.6 Å². The van der Waals surface area contributed by atoms with Crippen molar-refractivity contribution in [3.63, 3.8) is 0 Å². The van der Waals surface area contributed by atoms with Crippen LogP contribution < -0.4 is 5.32 Å². The molecule has 0 aliphatic carbocycles. The van der Waals surface area contributed by atoms with Gasteiger partial charge in [-0.25, -0.2) is 4.79 Å². The van der Waals surface area contributed by atoms with Crippen LogP contribution in [0, 0.1) is 18.3 Å². The minimum absolute atomic E-state index is 0.0659. The predicted octanol–water partition coefficient (Wildman–Crippen LogP) is 6.72. The molecule has 184 valence electrons. The number of hydrogen-bond acceptors (Lipinski definition) is 5. The summed E-state index contributed by atoms with van der Waals surface area (Å²) in [5.41, 5.74) is 1.54. The predicted molar refractivity (Wildman–Crippen MR) is 137 cm³/mol. The molecule has 1 aromatic carbocycles. The Balaban J connectivity index is 2.33. The third-order valence-electron chi connectivity index (χ3n) is 6.61. The highest BCUT2D eigenvalue weighted by atomic mass is 35.5. The molecule has 0 radical (unpaired) electrons. The van der Waals surface area contributed by atoms with Gasteiger partial charge in [-0.1, -0.05) is 32.4 Å². The fourth-order valence-corrected chi connectivity index (χ4v) is 5.27. The van der Waals surface area contributed by atoms with E-state index in [1.807, 2.05) is 38.7 Å². The Kier molecular flexibility index (Phi) is 8.54. The van der Waals surface area contributed by atoms with Gasteiger partial charge in [-0.2, -0.15) is 5.26 Å². The van der Waals surface area contributed by atoms with Crippen LogP contribution in [0.4, 0.5) is 10.5 Å². The normalized spacial score (nSPS) is 19.7. The molecule has 0 spiro atoms. The molecule has 2 rings (SSSR count). The number of ether oxygens (including phenoxy) is 1. The van der Waals surface area contributed by atoms with Crippen LogP contribution in [0.3, 0.4) is 0 Å². The number of benzene rings is 1. The van der Waals surface area contributed by atoms with Crippen LogP contribution in [0.25, 0.3) is 0 Å². The minimum Gasteiger partial charge on any atom is -0.444 e. The number of piperidine rings is 1. The SMILES string of the molecule is Cc1c(NC[C@@H]2[C@@H](O[Si](C)(C)C(C)(C)C)CCCN2C(=O)OC(C)(C)C)ccc(C#N)c1Cl. The zero-order valence-corrected chi connectivity index (χ0v) is 23.4. The maximum Gasteiger partial charge on any atom is 0.410 e. The second kappa shape index (κ2) is 10.2. The van der Waals surface area contributed by atoms with Crippen molar-refractivity contribution in [2.24, 2.45) is 0 Å². The van der Waals surface area contributed by atoms with E-state index in [0.717, 1.165) is 24.1 Å². The number of nitrogens with one attached hydrogen (secondary N) is 1. The third-order valence-corrected chi connectivity index (χ3v) is 11.6. The van der Waals surface area contributed by atoms with Crippen LogP contribution in [-0.4, -0.2) is 50.1 Å². The first-order valence-corrected chi connectivity index (χ1v) is 15.0. The van der Waals surface area contributed by atoms with Crippen LogP contribution in [0.5, 0.6) is 0 Å². The lowest BCUT2D eigenvalue weighted by Gasteiger charge is -2.46. The smallest absolute Gasteiger partial charge is 0.410 e. The first-order valence-electron chi connectivity index (χ1n) is 11.7. The van der Waals surface area contributed by atoms with Crippen molar-refractivity contribution < 1.29 is 14.0 Å². The molecule has 1 amide bonds. The van der Waals surface area contributed by atoms with Crippen molar-refractivity contribution in [1.29, 1.82) is 5.26 Å². The fraction of sp³-hybridized carbons (Fsp3) is 0.680. The molecular formula is C25H40ClN3O3Si. The standard InChI is InChI=1S/C25H40ClN3O3Si/c1-17-19(13-12-18(15-27)22(17)26)28-16-20-21(32-33(8,9)25(5,6)7)11-10-14-29(20)23(30)31-24(2,3)4/h12-13,20-21,28H,10-11,14,16H2,1-9H3/t20-,21+/m1/s1. The molecule has 1 N–H and O–H groups in total. The van der Waals surface area contributed by atoms with E-state index in [1.54, 1.807) is 6.07 Å². The molecular weight excluding hydrogens is 454 g/mol. The molecule has 1 aliphatic heterocycles. The summed E-state index contributed by atoms with van der Waals surface area (Å²) in [6.45, 7) is 19.8. The van der Waals surface area contributed by atoms with E-state index in [-0.39, 0.29) is 23.3 Å². The van der Waals surface area contributed by atoms with Crippen molar-refractivity contribution in [2.45, 2.75) is 97.2 Å². The van der Waals surface area contributed by atoms with Crippen LogP contribution in [-0.2, 0) is 9.16 Å². The Morgan fingerprint density at radius 1 is 1.27 bits per heavy atom. The summed E-state index contributed by atoms with van der Waals surface area (Å²) >= 11 is 6.37. The van der Waals surface area contributed by atoms with Crippen molar-refractivity contribution in [3.05, 3.63) is 28.3 Å². The van der Waals surface area contributed by atoms with Gasteiger partial charge in [-0.3, -0.25) is 0 Å². The Labute approximate surface area is 205 Å². The number of nitriles is 1. The highest BCUT2D eigenvalue weighted by Crippen LogP contribution is 2.39. The lowest BCUT2D eigenvalue weighted by atomic mass is 9.99. The number of nitrogens with zero attached hydrogens (tertiary/aromatic N) is 2. The molecule has 33 heavy (non-hydrogen) atoms. The molecule has 0 aromatic heterocycles. The molecule has 6 nitrogen and oxygen atoms in total. The minimum atomic E-state index is -2.05. The second-order valence-electron chi connectivity index (χ2n) is 11.4. The van der Waals surface area contributed by atoms with Gasteiger partial charge in [0.05, 0.1) is 22.7 Å². The Morgan fingerprint density at radius 3 is 2.45 bits per heavy atom. The van der Waals surface area contributed by atoms with E-state index in [0.29, 0.717) is 23.7 Å². The number of anilines is 1. The monoisotopic (exact) mass is 493 g/mol. The Bertz CT molecular complexity index is 900. The summed E-state index contributed by atoms with van der Waals surface area (Å²) in [6.07, 6.45) is 1.36. The van der Waals surface area contributed by atoms with Crippen molar-refractivity contribution in [2.75, 3.05) is 18.4 Å². The van der Waals surface area contributed by atoms with Gasteiger partial charge in [0.15, 0.2) is 8.32 Å². The van der Waals surface area contributed by atoms with Crippen LogP contribution in [0.15, 0.2) is 12.1 Å². The van der Waals surface area contributed by atoms with E-state index < -0.39 is 13.9 Å². The first kappa shape index (κ1) is 27.5. The average molecular weight is 494 g/mol. The Hall–Kier alpha value is -1.75. The highest BCUT2D eigenvalue weighted by Gasteiger charge is 2.44. The summed E-state index contributed by atoms with van der Waals surface area (Å²) in [4.78, 5) is 14.9. The number of likely N-dealkylation sites (tertiary alicyclic amines) is 1. The van der Waals surface area contributed by atoms with Gasteiger partial charge in [0.2, 0.25) is 0 Å². The zero-order chi connectivity index (χ0) is 25.2. The van der Waals surface area contributed by atoms with Gasteiger partial charge < -0.3 is 19.4 Å². The second-order valence-corrected chi connectivity index (χ2v) is 16.5. The summed E-state index contributed by atoms with van der Waals surface area (Å²) < 4.78 is 12.6. The van der Waals surface area contributed by atoms with Gasteiger partial charge in [0.1, 0.15) is 11.7 Å². The molecule has 1 saturated heterocycles. The van der Waals surface area contributed by atoms with Crippen molar-refractivity contribution >= 4 is 31.7 Å². The number of amides is 1. The first-order chi connectivity index (χ1) is 15.1. The Morgan fingerprint density at radius 2 is 1.91 bits per heavy atom. The molecule has 0 saturated carbocycles. The van der Waals surface area contributed by atoms with E-state index in [4.69, 9.17) is 20.8 Å². The molecule has 1 aromatic rings. The largest absolute Gasteiger partial charge is 0.444 e. The lowest BCUT2D eigenvalue weighted by molar-refractivity contribution is -0.0161. The average Bonchev–Trinajstić information content (AvgIpc) is 2.67. The van der Waals surface area contributed by atoms with Gasteiger partial charge in [0.25, 0.3) is 0 Å². The maximum absolute atomic E-state index is 13.1. The van der Waals surface area contributed by atoms with Crippen LogP contribution in [0.2, 0.25) is 23.2 Å². The van der Waals surface area contributed by atoms with Gasteiger partial charge in [-0.15, -0.1) is 0 Å². The van der Waals surface area contributed by atoms with Gasteiger partial charge in [-0.05, 0) is 76.4 Å². The summed E-state index contributed by atoms with van der Waals surface area (Å²) in [7, 11) is -2.05. The lowest BCUT2D eigenvalue weighted by Crippen LogP contribution is -2.59. The van der Waals surface area contributed by atoms with E-state index >= 15 is 0 Å². The van der Waals surface area contributed by atoms with E-state index in [2.05, 4.69) is 45.3 Å². The van der Waals surface area contributed by atoms with Gasteiger partial charge in [0, 0.05) is 18.8 Å². The van der Waals surface area contributed by atoms with Crippen LogP contribution in [0.1, 0.15) is 65.5 Å². The molecule has 0 unspecified atom stereocenters.